The topological polar surface area (TPSA) is 127 Å². The van der Waals surface area contributed by atoms with Crippen molar-refractivity contribution < 1.29 is 14.3 Å². The molecule has 0 spiro atoms. The van der Waals surface area contributed by atoms with Gasteiger partial charge in [-0.2, -0.15) is 5.10 Å². The van der Waals surface area contributed by atoms with Gasteiger partial charge in [-0.15, -0.1) is 0 Å². The molecule has 0 unspecified atom stereocenters. The molecular weight excluding hydrogens is 384 g/mol. The summed E-state index contributed by atoms with van der Waals surface area (Å²) in [5.74, 6) is 1.52. The molecule has 152 valence electrons. The van der Waals surface area contributed by atoms with Crippen molar-refractivity contribution in [1.29, 1.82) is 0 Å². The quantitative estimate of drug-likeness (QED) is 0.400. The maximum Gasteiger partial charge on any atom is 0.323 e. The molecule has 0 radical (unpaired) electrons. The highest BCUT2D eigenvalue weighted by molar-refractivity contribution is 6.02. The molecule has 2 heterocycles. The molecule has 0 fully saturated rings. The van der Waals surface area contributed by atoms with E-state index in [1.807, 2.05) is 18.2 Å². The number of urea groups is 1. The standard InChI is InChI=1S/C21H20N6O3/c1-29-14-7-8-15(17(11-14)30-2)25-21(28)24-13-5-3-12(4-6-13)19-18-16(9-10-23-19)26-27-20(18)22/h3-11H,1-2H3,(H3,22,26,27)(H2,24,25,28). The molecule has 30 heavy (non-hydrogen) atoms. The van der Waals surface area contributed by atoms with Crippen molar-refractivity contribution in [2.45, 2.75) is 0 Å². The lowest BCUT2D eigenvalue weighted by Crippen LogP contribution is -2.19. The minimum atomic E-state index is -0.398. The Morgan fingerprint density at radius 1 is 1.03 bits per heavy atom. The molecule has 5 N–H and O–H groups in total. The predicted octanol–water partition coefficient (Wildman–Crippen LogP) is 3.87. The van der Waals surface area contributed by atoms with E-state index in [2.05, 4.69) is 25.8 Å². The first-order valence-corrected chi connectivity index (χ1v) is 9.08. The number of ether oxygens (including phenoxy) is 2. The van der Waals surface area contributed by atoms with Crippen molar-refractivity contribution in [3.8, 4) is 22.8 Å². The van der Waals surface area contributed by atoms with Crippen molar-refractivity contribution >= 4 is 34.1 Å². The molecule has 0 aliphatic rings. The Labute approximate surface area is 172 Å². The van der Waals surface area contributed by atoms with Crippen LogP contribution in [0.15, 0.2) is 54.7 Å². The van der Waals surface area contributed by atoms with E-state index < -0.39 is 6.03 Å². The highest BCUT2D eigenvalue weighted by Crippen LogP contribution is 2.31. The minimum Gasteiger partial charge on any atom is -0.497 e. The molecule has 0 saturated carbocycles. The first kappa shape index (κ1) is 19.1. The fourth-order valence-corrected chi connectivity index (χ4v) is 3.11. The van der Waals surface area contributed by atoms with E-state index in [0.29, 0.717) is 28.7 Å². The van der Waals surface area contributed by atoms with E-state index in [-0.39, 0.29) is 0 Å². The maximum atomic E-state index is 12.4. The lowest BCUT2D eigenvalue weighted by Gasteiger charge is -2.12. The summed E-state index contributed by atoms with van der Waals surface area (Å²) in [6, 6.07) is 13.9. The van der Waals surface area contributed by atoms with E-state index in [1.165, 1.54) is 7.11 Å². The van der Waals surface area contributed by atoms with E-state index in [1.54, 1.807) is 43.6 Å². The smallest absolute Gasteiger partial charge is 0.323 e. The van der Waals surface area contributed by atoms with Crippen molar-refractivity contribution in [3.63, 3.8) is 0 Å². The van der Waals surface area contributed by atoms with Gasteiger partial charge in [-0.05, 0) is 30.3 Å². The van der Waals surface area contributed by atoms with Crippen LogP contribution < -0.4 is 25.8 Å². The number of fused-ring (bicyclic) bond motifs is 1. The number of aromatic nitrogens is 3. The van der Waals surface area contributed by atoms with E-state index in [9.17, 15) is 4.79 Å². The molecule has 2 amide bonds. The summed E-state index contributed by atoms with van der Waals surface area (Å²) >= 11 is 0. The van der Waals surface area contributed by atoms with Crippen molar-refractivity contribution in [3.05, 3.63) is 54.7 Å². The van der Waals surface area contributed by atoms with Gasteiger partial charge in [0.15, 0.2) is 5.82 Å². The molecule has 2 aromatic heterocycles. The van der Waals surface area contributed by atoms with Gasteiger partial charge in [0.2, 0.25) is 0 Å². The fourth-order valence-electron chi connectivity index (χ4n) is 3.11. The largest absolute Gasteiger partial charge is 0.497 e. The van der Waals surface area contributed by atoms with Gasteiger partial charge in [0, 0.05) is 23.5 Å². The number of nitrogens with two attached hydrogens (primary N) is 1. The number of anilines is 3. The summed E-state index contributed by atoms with van der Waals surface area (Å²) in [6.45, 7) is 0. The van der Waals surface area contributed by atoms with Crippen LogP contribution in [0.25, 0.3) is 22.2 Å². The summed E-state index contributed by atoms with van der Waals surface area (Å²) < 4.78 is 10.5. The molecule has 9 heteroatoms. The second kappa shape index (κ2) is 8.00. The number of aromatic amines is 1. The summed E-state index contributed by atoms with van der Waals surface area (Å²) in [6.07, 6.45) is 1.69. The number of nitrogens with zero attached hydrogens (tertiary/aromatic N) is 2. The SMILES string of the molecule is COc1ccc(NC(=O)Nc2ccc(-c3nccc4[nH]nc(N)c34)cc2)c(OC)c1. The number of pyridine rings is 1. The molecule has 0 bridgehead atoms. The number of benzene rings is 2. The zero-order chi connectivity index (χ0) is 21.1. The number of nitrogens with one attached hydrogen (secondary N) is 3. The molecule has 0 aliphatic carbocycles. The first-order valence-electron chi connectivity index (χ1n) is 9.08. The monoisotopic (exact) mass is 404 g/mol. The van der Waals surface area contributed by atoms with Gasteiger partial charge in [-0.3, -0.25) is 10.1 Å². The Morgan fingerprint density at radius 2 is 1.83 bits per heavy atom. The molecule has 0 aliphatic heterocycles. The van der Waals surface area contributed by atoms with Gasteiger partial charge < -0.3 is 25.8 Å². The van der Waals surface area contributed by atoms with Crippen LogP contribution in [-0.2, 0) is 0 Å². The highest BCUT2D eigenvalue weighted by atomic mass is 16.5. The summed E-state index contributed by atoms with van der Waals surface area (Å²) in [4.78, 5) is 16.8. The Morgan fingerprint density at radius 3 is 2.57 bits per heavy atom. The number of hydrogen-bond donors (Lipinski definition) is 4. The average molecular weight is 404 g/mol. The zero-order valence-corrected chi connectivity index (χ0v) is 16.4. The number of hydrogen-bond acceptors (Lipinski definition) is 6. The summed E-state index contributed by atoms with van der Waals surface area (Å²) in [7, 11) is 3.09. The summed E-state index contributed by atoms with van der Waals surface area (Å²) in [5, 5.41) is 13.2. The van der Waals surface area contributed by atoms with Crippen LogP contribution >= 0.6 is 0 Å². The molecule has 0 saturated heterocycles. The van der Waals surface area contributed by atoms with Crippen LogP contribution in [0.4, 0.5) is 22.0 Å². The predicted molar refractivity (Wildman–Crippen MR) is 116 cm³/mol. The number of rotatable bonds is 5. The van der Waals surface area contributed by atoms with E-state index >= 15 is 0 Å². The Balaban J connectivity index is 1.50. The second-order valence-electron chi connectivity index (χ2n) is 6.41. The molecule has 4 aromatic rings. The first-order chi connectivity index (χ1) is 14.6. The van der Waals surface area contributed by atoms with Gasteiger partial charge in [-0.1, -0.05) is 12.1 Å². The van der Waals surface area contributed by atoms with Crippen LogP contribution in [0.3, 0.4) is 0 Å². The Kier molecular flexibility index (Phi) is 5.08. The molecule has 2 aromatic carbocycles. The third-order valence-electron chi connectivity index (χ3n) is 4.58. The Bertz CT molecular complexity index is 1200. The minimum absolute atomic E-state index is 0.392. The highest BCUT2D eigenvalue weighted by Gasteiger charge is 2.12. The van der Waals surface area contributed by atoms with Crippen LogP contribution in [0.5, 0.6) is 11.5 Å². The number of nitrogen functional groups attached to an aromatic ring is 1. The molecular formula is C21H20N6O3. The number of carbonyl (C=O) groups excluding carboxylic acids is 1. The average Bonchev–Trinajstić information content (AvgIpc) is 3.15. The van der Waals surface area contributed by atoms with Crippen molar-refractivity contribution in [1.82, 2.24) is 15.2 Å². The van der Waals surface area contributed by atoms with Crippen molar-refractivity contribution in [2.75, 3.05) is 30.6 Å². The van der Waals surface area contributed by atoms with Crippen LogP contribution in [0.2, 0.25) is 0 Å². The summed E-state index contributed by atoms with van der Waals surface area (Å²) in [5.41, 5.74) is 9.50. The number of H-pyrrole nitrogens is 1. The number of carbonyl (C=O) groups is 1. The number of methoxy groups -OCH3 is 2. The maximum absolute atomic E-state index is 12.4. The van der Waals surface area contributed by atoms with Crippen LogP contribution in [-0.4, -0.2) is 35.4 Å². The second-order valence-corrected chi connectivity index (χ2v) is 6.41. The van der Waals surface area contributed by atoms with Gasteiger partial charge in [0.05, 0.1) is 36.5 Å². The molecule has 0 atom stereocenters. The zero-order valence-electron chi connectivity index (χ0n) is 16.4. The third-order valence-corrected chi connectivity index (χ3v) is 4.58. The van der Waals surface area contributed by atoms with Gasteiger partial charge in [0.1, 0.15) is 11.5 Å². The fraction of sp³-hybridized carbons (Fsp3) is 0.0952. The van der Waals surface area contributed by atoms with Crippen LogP contribution in [0.1, 0.15) is 0 Å². The van der Waals surface area contributed by atoms with E-state index in [4.69, 9.17) is 15.2 Å². The van der Waals surface area contributed by atoms with Crippen molar-refractivity contribution in [2.24, 2.45) is 0 Å². The molecule has 9 nitrogen and oxygen atoms in total. The number of amides is 2. The van der Waals surface area contributed by atoms with Gasteiger partial charge in [0.25, 0.3) is 0 Å². The normalized spacial score (nSPS) is 10.6. The third kappa shape index (κ3) is 3.68. The lowest BCUT2D eigenvalue weighted by atomic mass is 10.1. The van der Waals surface area contributed by atoms with E-state index in [0.717, 1.165) is 22.2 Å². The van der Waals surface area contributed by atoms with Gasteiger partial charge in [-0.25, -0.2) is 4.79 Å². The lowest BCUT2D eigenvalue weighted by molar-refractivity contribution is 0.262. The Hall–Kier alpha value is -4.27. The van der Waals surface area contributed by atoms with Crippen LogP contribution in [0, 0.1) is 0 Å². The van der Waals surface area contributed by atoms with Gasteiger partial charge >= 0.3 is 6.03 Å². The molecule has 4 rings (SSSR count).